The molecule has 96 valence electrons. The van der Waals surface area contributed by atoms with Crippen molar-refractivity contribution in [3.8, 4) is 0 Å². The second kappa shape index (κ2) is 8.52. The standard InChI is InChI=1S/C10H13NO4.C2H6/c1-11(5-6-14-2)10(13)9-4-3-8(7-12)15-9;1-2/h3-4,7H,5-6H2,1-2H3;1-2H3. The summed E-state index contributed by atoms with van der Waals surface area (Å²) in [6, 6.07) is 2.94. The number of aldehydes is 1. The van der Waals surface area contributed by atoms with Crippen LogP contribution in [0.1, 0.15) is 35.0 Å². The number of ether oxygens (including phenoxy) is 1. The van der Waals surface area contributed by atoms with Gasteiger partial charge in [-0.25, -0.2) is 0 Å². The lowest BCUT2D eigenvalue weighted by molar-refractivity contribution is 0.0712. The van der Waals surface area contributed by atoms with Crippen LogP contribution in [0, 0.1) is 0 Å². The van der Waals surface area contributed by atoms with E-state index in [-0.39, 0.29) is 17.4 Å². The molecule has 5 nitrogen and oxygen atoms in total. The molecule has 0 N–H and O–H groups in total. The first-order chi connectivity index (χ1) is 8.19. The van der Waals surface area contributed by atoms with Gasteiger partial charge >= 0.3 is 0 Å². The monoisotopic (exact) mass is 241 g/mol. The Morgan fingerprint density at radius 1 is 1.47 bits per heavy atom. The zero-order valence-corrected chi connectivity index (χ0v) is 10.7. The number of hydrogen-bond acceptors (Lipinski definition) is 4. The molecule has 0 aliphatic rings. The fourth-order valence-corrected chi connectivity index (χ4v) is 1.05. The Morgan fingerprint density at radius 2 is 2.12 bits per heavy atom. The predicted molar refractivity (Wildman–Crippen MR) is 64.3 cm³/mol. The van der Waals surface area contributed by atoms with Crippen LogP contribution in [0.15, 0.2) is 16.5 Å². The Bertz CT molecular complexity index is 346. The number of nitrogens with zero attached hydrogens (tertiary/aromatic N) is 1. The summed E-state index contributed by atoms with van der Waals surface area (Å²) < 4.78 is 9.84. The average Bonchev–Trinajstić information content (AvgIpc) is 2.86. The Hall–Kier alpha value is -1.62. The molecule has 0 saturated heterocycles. The van der Waals surface area contributed by atoms with Crippen LogP contribution in [0.3, 0.4) is 0 Å². The smallest absolute Gasteiger partial charge is 0.289 e. The molecule has 1 aromatic rings. The number of methoxy groups -OCH3 is 1. The minimum atomic E-state index is -0.264. The minimum absolute atomic E-state index is 0.151. The molecule has 0 fully saturated rings. The van der Waals surface area contributed by atoms with Gasteiger partial charge in [0, 0.05) is 20.7 Å². The molecule has 0 aliphatic heterocycles. The van der Waals surface area contributed by atoms with Crippen LogP contribution in [0.4, 0.5) is 0 Å². The van der Waals surface area contributed by atoms with Crippen LogP contribution < -0.4 is 0 Å². The van der Waals surface area contributed by atoms with Crippen molar-refractivity contribution in [3.63, 3.8) is 0 Å². The second-order valence-electron chi connectivity index (χ2n) is 3.04. The van der Waals surface area contributed by atoms with Crippen molar-refractivity contribution >= 4 is 12.2 Å². The number of furan rings is 1. The van der Waals surface area contributed by atoms with Gasteiger partial charge in [0.25, 0.3) is 5.91 Å². The van der Waals surface area contributed by atoms with Crippen LogP contribution in [-0.2, 0) is 4.74 Å². The lowest BCUT2D eigenvalue weighted by Crippen LogP contribution is -2.29. The third kappa shape index (κ3) is 4.82. The number of carbonyl (C=O) groups is 2. The van der Waals surface area contributed by atoms with Crippen molar-refractivity contribution < 1.29 is 18.7 Å². The topological polar surface area (TPSA) is 59.8 Å². The summed E-state index contributed by atoms with van der Waals surface area (Å²) in [5.41, 5.74) is 0. The van der Waals surface area contributed by atoms with Gasteiger partial charge in [0.15, 0.2) is 17.8 Å². The summed E-state index contributed by atoms with van der Waals surface area (Å²) in [6.45, 7) is 4.94. The molecule has 0 aliphatic carbocycles. The molecule has 0 bridgehead atoms. The molecule has 0 aromatic carbocycles. The third-order valence-electron chi connectivity index (χ3n) is 1.93. The molecule has 0 radical (unpaired) electrons. The molecule has 17 heavy (non-hydrogen) atoms. The van der Waals surface area contributed by atoms with E-state index in [1.165, 1.54) is 17.0 Å². The van der Waals surface area contributed by atoms with E-state index < -0.39 is 0 Å². The molecule has 1 aromatic heterocycles. The largest absolute Gasteiger partial charge is 0.448 e. The highest BCUT2D eigenvalue weighted by Crippen LogP contribution is 2.08. The quantitative estimate of drug-likeness (QED) is 0.738. The van der Waals surface area contributed by atoms with E-state index in [0.29, 0.717) is 19.4 Å². The molecular weight excluding hydrogens is 222 g/mol. The van der Waals surface area contributed by atoms with Gasteiger partial charge in [-0.2, -0.15) is 0 Å². The van der Waals surface area contributed by atoms with E-state index in [0.717, 1.165) is 0 Å². The maximum atomic E-state index is 11.6. The first kappa shape index (κ1) is 15.4. The number of hydrogen-bond donors (Lipinski definition) is 0. The van der Waals surface area contributed by atoms with Gasteiger partial charge in [0.1, 0.15) is 0 Å². The fourth-order valence-electron chi connectivity index (χ4n) is 1.05. The van der Waals surface area contributed by atoms with Crippen LogP contribution in [0.2, 0.25) is 0 Å². The Labute approximate surface area is 101 Å². The Balaban J connectivity index is 0.00000121. The van der Waals surface area contributed by atoms with E-state index in [4.69, 9.17) is 9.15 Å². The van der Waals surface area contributed by atoms with E-state index in [1.807, 2.05) is 13.8 Å². The molecule has 0 unspecified atom stereocenters. The first-order valence-corrected chi connectivity index (χ1v) is 5.48. The third-order valence-corrected chi connectivity index (χ3v) is 1.93. The van der Waals surface area contributed by atoms with Gasteiger partial charge in [0.2, 0.25) is 0 Å². The summed E-state index contributed by atoms with van der Waals surface area (Å²) in [4.78, 5) is 23.5. The van der Waals surface area contributed by atoms with Crippen LogP contribution >= 0.6 is 0 Å². The van der Waals surface area contributed by atoms with Gasteiger partial charge in [0.05, 0.1) is 6.61 Å². The molecular formula is C12H19NO4. The highest BCUT2D eigenvalue weighted by Gasteiger charge is 2.15. The summed E-state index contributed by atoms with van der Waals surface area (Å²) >= 11 is 0. The Morgan fingerprint density at radius 3 is 2.59 bits per heavy atom. The molecule has 1 heterocycles. The van der Waals surface area contributed by atoms with Gasteiger partial charge < -0.3 is 14.1 Å². The van der Waals surface area contributed by atoms with E-state index in [9.17, 15) is 9.59 Å². The zero-order valence-electron chi connectivity index (χ0n) is 10.7. The highest BCUT2D eigenvalue weighted by molar-refractivity contribution is 5.92. The maximum absolute atomic E-state index is 11.6. The molecule has 0 atom stereocenters. The SMILES string of the molecule is CC.COCCN(C)C(=O)c1ccc(C=O)o1. The normalized spacial score (nSPS) is 9.18. The number of likely N-dealkylation sites (N-methyl/N-ethyl adjacent to an activating group) is 1. The second-order valence-corrected chi connectivity index (χ2v) is 3.04. The van der Waals surface area contributed by atoms with Crippen molar-refractivity contribution in [2.75, 3.05) is 27.3 Å². The van der Waals surface area contributed by atoms with Crippen molar-refractivity contribution in [1.29, 1.82) is 0 Å². The van der Waals surface area contributed by atoms with Crippen LogP contribution in [0.25, 0.3) is 0 Å². The average molecular weight is 241 g/mol. The van der Waals surface area contributed by atoms with Crippen LogP contribution in [-0.4, -0.2) is 44.4 Å². The van der Waals surface area contributed by atoms with Crippen LogP contribution in [0.5, 0.6) is 0 Å². The summed E-state index contributed by atoms with van der Waals surface area (Å²) in [7, 11) is 3.21. The van der Waals surface area contributed by atoms with Crippen molar-refractivity contribution in [2.45, 2.75) is 13.8 Å². The van der Waals surface area contributed by atoms with Crippen molar-refractivity contribution in [1.82, 2.24) is 4.90 Å². The minimum Gasteiger partial charge on any atom is -0.448 e. The highest BCUT2D eigenvalue weighted by atomic mass is 16.5. The lowest BCUT2D eigenvalue weighted by Gasteiger charge is -2.14. The summed E-state index contributed by atoms with van der Waals surface area (Å²) in [6.07, 6.45) is 0.561. The van der Waals surface area contributed by atoms with E-state index in [2.05, 4.69) is 0 Å². The van der Waals surface area contributed by atoms with Gasteiger partial charge in [-0.05, 0) is 12.1 Å². The summed E-state index contributed by atoms with van der Waals surface area (Å²) in [5.74, 6) is 0.0503. The predicted octanol–water partition coefficient (Wildman–Crippen LogP) is 1.84. The lowest BCUT2D eigenvalue weighted by atomic mass is 10.4. The summed E-state index contributed by atoms with van der Waals surface area (Å²) in [5, 5.41) is 0. The van der Waals surface area contributed by atoms with Gasteiger partial charge in [-0.15, -0.1) is 0 Å². The van der Waals surface area contributed by atoms with Gasteiger partial charge in [-0.1, -0.05) is 13.8 Å². The molecule has 0 saturated carbocycles. The number of amides is 1. The fraction of sp³-hybridized carbons (Fsp3) is 0.500. The van der Waals surface area contributed by atoms with E-state index >= 15 is 0 Å². The van der Waals surface area contributed by atoms with E-state index in [1.54, 1.807) is 14.2 Å². The number of carbonyl (C=O) groups excluding carboxylic acids is 2. The van der Waals surface area contributed by atoms with Crippen molar-refractivity contribution in [3.05, 3.63) is 23.7 Å². The maximum Gasteiger partial charge on any atom is 0.289 e. The molecule has 1 amide bonds. The molecule has 5 heteroatoms. The molecule has 1 rings (SSSR count). The van der Waals surface area contributed by atoms with Gasteiger partial charge in [-0.3, -0.25) is 9.59 Å². The first-order valence-electron chi connectivity index (χ1n) is 5.48. The number of rotatable bonds is 5. The molecule has 0 spiro atoms. The van der Waals surface area contributed by atoms with Crippen molar-refractivity contribution in [2.24, 2.45) is 0 Å². The Kier molecular flexibility index (Phi) is 7.71. The zero-order chi connectivity index (χ0) is 13.3.